The highest BCUT2D eigenvalue weighted by atomic mass is 16.5. The Balaban J connectivity index is 1.72. The topological polar surface area (TPSA) is 79.3 Å². The zero-order chi connectivity index (χ0) is 16.9. The quantitative estimate of drug-likeness (QED) is 0.644. The van der Waals surface area contributed by atoms with Gasteiger partial charge in [0.25, 0.3) is 0 Å². The number of hydrogen-bond donors (Lipinski definition) is 3. The molecular formula is C18H21N3O3. The summed E-state index contributed by atoms with van der Waals surface area (Å²) in [5.41, 5.74) is 1.72. The normalized spacial score (nSPS) is 12.2. The van der Waals surface area contributed by atoms with Crippen LogP contribution in [0.1, 0.15) is 24.5 Å². The van der Waals surface area contributed by atoms with Gasteiger partial charge in [0.1, 0.15) is 17.6 Å². The molecule has 6 nitrogen and oxygen atoms in total. The van der Waals surface area contributed by atoms with Gasteiger partial charge in [-0.25, -0.2) is 4.79 Å². The second kappa shape index (κ2) is 7.23. The molecule has 1 aromatic carbocycles. The van der Waals surface area contributed by atoms with Crippen LogP contribution in [0.25, 0.3) is 10.9 Å². The summed E-state index contributed by atoms with van der Waals surface area (Å²) in [6, 6.07) is 10.8. The van der Waals surface area contributed by atoms with E-state index in [0.29, 0.717) is 12.4 Å². The van der Waals surface area contributed by atoms with Crippen LogP contribution in [-0.2, 0) is 11.2 Å². The zero-order valence-electron chi connectivity index (χ0n) is 13.8. The Hall–Kier alpha value is -2.73. The molecule has 1 atom stereocenters. The number of aromatic amines is 1. The van der Waals surface area contributed by atoms with Crippen molar-refractivity contribution in [2.24, 2.45) is 0 Å². The molecule has 2 amide bonds. The molecule has 0 bridgehead atoms. The SMILES string of the molecule is CCc1ccc([C@@H](COC)NC(=O)Nc2cccc3[nH]ccc23)o1. The van der Waals surface area contributed by atoms with E-state index in [1.165, 1.54) is 0 Å². The maximum Gasteiger partial charge on any atom is 0.319 e. The molecule has 0 aliphatic heterocycles. The molecule has 2 heterocycles. The third-order valence-electron chi connectivity index (χ3n) is 3.86. The zero-order valence-corrected chi connectivity index (χ0v) is 13.8. The Morgan fingerprint density at radius 3 is 2.92 bits per heavy atom. The molecule has 0 spiro atoms. The molecular weight excluding hydrogens is 306 g/mol. The molecule has 0 aliphatic carbocycles. The Labute approximate surface area is 140 Å². The van der Waals surface area contributed by atoms with E-state index in [0.717, 1.165) is 28.8 Å². The molecule has 126 valence electrons. The van der Waals surface area contributed by atoms with E-state index in [4.69, 9.17) is 9.15 Å². The third kappa shape index (κ3) is 3.44. The number of amides is 2. The van der Waals surface area contributed by atoms with E-state index >= 15 is 0 Å². The van der Waals surface area contributed by atoms with Gasteiger partial charge in [-0.3, -0.25) is 0 Å². The summed E-state index contributed by atoms with van der Waals surface area (Å²) in [5.74, 6) is 1.56. The number of carbonyl (C=O) groups is 1. The van der Waals surface area contributed by atoms with Gasteiger partial charge in [0.2, 0.25) is 0 Å². The number of H-pyrrole nitrogens is 1. The summed E-state index contributed by atoms with van der Waals surface area (Å²) >= 11 is 0. The molecule has 0 fully saturated rings. The molecule has 3 aromatic rings. The lowest BCUT2D eigenvalue weighted by atomic mass is 10.2. The molecule has 0 saturated carbocycles. The molecule has 3 N–H and O–H groups in total. The van der Waals surface area contributed by atoms with Crippen LogP contribution in [0.5, 0.6) is 0 Å². The summed E-state index contributed by atoms with van der Waals surface area (Å²) in [7, 11) is 1.59. The van der Waals surface area contributed by atoms with Crippen LogP contribution in [0.15, 0.2) is 47.0 Å². The number of anilines is 1. The fourth-order valence-electron chi connectivity index (χ4n) is 2.64. The first-order chi connectivity index (χ1) is 11.7. The Morgan fingerprint density at radius 1 is 1.29 bits per heavy atom. The van der Waals surface area contributed by atoms with Gasteiger partial charge in [-0.1, -0.05) is 13.0 Å². The molecule has 2 aromatic heterocycles. The average Bonchev–Trinajstić information content (AvgIpc) is 3.24. The van der Waals surface area contributed by atoms with Crippen LogP contribution < -0.4 is 10.6 Å². The highest BCUT2D eigenvalue weighted by Gasteiger charge is 2.18. The molecule has 0 aliphatic rings. The van der Waals surface area contributed by atoms with Gasteiger partial charge in [-0.2, -0.15) is 0 Å². The number of benzene rings is 1. The number of nitrogens with one attached hydrogen (secondary N) is 3. The minimum Gasteiger partial charge on any atom is -0.464 e. The largest absolute Gasteiger partial charge is 0.464 e. The van der Waals surface area contributed by atoms with Gasteiger partial charge < -0.3 is 24.8 Å². The Bertz CT molecular complexity index is 822. The van der Waals surface area contributed by atoms with Crippen molar-refractivity contribution in [2.45, 2.75) is 19.4 Å². The van der Waals surface area contributed by atoms with Gasteiger partial charge in [0.15, 0.2) is 0 Å². The van der Waals surface area contributed by atoms with E-state index in [9.17, 15) is 4.79 Å². The minimum absolute atomic E-state index is 0.305. The lowest BCUT2D eigenvalue weighted by molar-refractivity contribution is 0.158. The number of hydrogen-bond acceptors (Lipinski definition) is 3. The van der Waals surface area contributed by atoms with Crippen LogP contribution in [0.2, 0.25) is 0 Å². The number of carbonyl (C=O) groups excluding carboxylic acids is 1. The Kier molecular flexibility index (Phi) is 4.86. The number of fused-ring (bicyclic) bond motifs is 1. The second-order valence-corrected chi connectivity index (χ2v) is 5.51. The smallest absolute Gasteiger partial charge is 0.319 e. The number of ether oxygens (including phenoxy) is 1. The molecule has 0 saturated heterocycles. The Morgan fingerprint density at radius 2 is 2.17 bits per heavy atom. The van der Waals surface area contributed by atoms with Crippen molar-refractivity contribution >= 4 is 22.6 Å². The van der Waals surface area contributed by atoms with E-state index in [1.807, 2.05) is 49.5 Å². The summed E-state index contributed by atoms with van der Waals surface area (Å²) < 4.78 is 10.9. The number of aryl methyl sites for hydroxylation is 1. The van der Waals surface area contributed by atoms with E-state index < -0.39 is 0 Å². The van der Waals surface area contributed by atoms with E-state index in [2.05, 4.69) is 15.6 Å². The van der Waals surface area contributed by atoms with E-state index in [-0.39, 0.29) is 12.1 Å². The third-order valence-corrected chi connectivity index (χ3v) is 3.86. The van der Waals surface area contributed by atoms with Crippen LogP contribution in [-0.4, -0.2) is 24.7 Å². The van der Waals surface area contributed by atoms with Crippen LogP contribution in [0.3, 0.4) is 0 Å². The fraction of sp³-hybridized carbons (Fsp3) is 0.278. The molecule has 24 heavy (non-hydrogen) atoms. The van der Waals surface area contributed by atoms with Crippen molar-refractivity contribution in [3.8, 4) is 0 Å². The number of methoxy groups -OCH3 is 1. The van der Waals surface area contributed by atoms with E-state index in [1.54, 1.807) is 7.11 Å². The summed E-state index contributed by atoms with van der Waals surface area (Å²) in [6.07, 6.45) is 2.65. The monoisotopic (exact) mass is 327 g/mol. The summed E-state index contributed by atoms with van der Waals surface area (Å²) in [5, 5.41) is 6.74. The van der Waals surface area contributed by atoms with Crippen molar-refractivity contribution < 1.29 is 13.9 Å². The molecule has 0 unspecified atom stereocenters. The summed E-state index contributed by atoms with van der Waals surface area (Å²) in [4.78, 5) is 15.5. The standard InChI is InChI=1S/C18H21N3O3/c1-3-12-7-8-17(24-12)16(11-23-2)21-18(22)20-15-6-4-5-14-13(15)9-10-19-14/h4-10,16,19H,3,11H2,1-2H3,(H2,20,21,22)/t16-/m1/s1. The second-order valence-electron chi connectivity index (χ2n) is 5.51. The number of urea groups is 1. The average molecular weight is 327 g/mol. The summed E-state index contributed by atoms with van der Waals surface area (Å²) in [6.45, 7) is 2.35. The maximum absolute atomic E-state index is 12.4. The predicted molar refractivity (Wildman–Crippen MR) is 93.2 cm³/mol. The van der Waals surface area contributed by atoms with Gasteiger partial charge in [0, 0.05) is 30.6 Å². The first-order valence-electron chi connectivity index (χ1n) is 7.92. The van der Waals surface area contributed by atoms with Gasteiger partial charge in [0.05, 0.1) is 12.3 Å². The van der Waals surface area contributed by atoms with Crippen LogP contribution in [0.4, 0.5) is 10.5 Å². The molecule has 6 heteroatoms. The number of aromatic nitrogens is 1. The van der Waals surface area contributed by atoms with Crippen molar-refractivity contribution in [2.75, 3.05) is 19.0 Å². The number of rotatable bonds is 6. The van der Waals surface area contributed by atoms with Crippen molar-refractivity contribution in [3.05, 3.63) is 54.1 Å². The predicted octanol–water partition coefficient (Wildman–Crippen LogP) is 3.83. The fourth-order valence-corrected chi connectivity index (χ4v) is 2.64. The van der Waals surface area contributed by atoms with Crippen molar-refractivity contribution in [1.82, 2.24) is 10.3 Å². The van der Waals surface area contributed by atoms with Crippen molar-refractivity contribution in [3.63, 3.8) is 0 Å². The van der Waals surface area contributed by atoms with Gasteiger partial charge in [-0.05, 0) is 30.3 Å². The van der Waals surface area contributed by atoms with Crippen molar-refractivity contribution in [1.29, 1.82) is 0 Å². The minimum atomic E-state index is -0.347. The first-order valence-corrected chi connectivity index (χ1v) is 7.92. The van der Waals surface area contributed by atoms with Crippen LogP contribution >= 0.6 is 0 Å². The molecule has 0 radical (unpaired) electrons. The highest BCUT2D eigenvalue weighted by molar-refractivity contribution is 6.00. The maximum atomic E-state index is 12.4. The van der Waals surface area contributed by atoms with Crippen LogP contribution in [0, 0.1) is 0 Å². The van der Waals surface area contributed by atoms with Gasteiger partial charge in [-0.15, -0.1) is 0 Å². The van der Waals surface area contributed by atoms with Gasteiger partial charge >= 0.3 is 6.03 Å². The lowest BCUT2D eigenvalue weighted by Crippen LogP contribution is -2.34. The lowest BCUT2D eigenvalue weighted by Gasteiger charge is -2.16. The number of furan rings is 1. The highest BCUT2D eigenvalue weighted by Crippen LogP contribution is 2.23. The molecule has 3 rings (SSSR count). The first kappa shape index (κ1) is 16.1.